The molecule has 6 unspecified atom stereocenters. The van der Waals surface area contributed by atoms with Crippen LogP contribution in [0.4, 0.5) is 8.78 Å². The molecule has 0 saturated heterocycles. The fourth-order valence-corrected chi connectivity index (χ4v) is 5.26. The van der Waals surface area contributed by atoms with Crippen molar-refractivity contribution in [3.8, 4) is 0 Å². The Morgan fingerprint density at radius 3 is 2.77 bits per heavy atom. The van der Waals surface area contributed by atoms with E-state index in [1.54, 1.807) is 0 Å². The molecular weight excluding hydrogens is 318 g/mol. The molecule has 0 radical (unpaired) electrons. The molecule has 0 heterocycles. The van der Waals surface area contributed by atoms with E-state index in [-0.39, 0.29) is 30.5 Å². The molecule has 0 aromatic heterocycles. The van der Waals surface area contributed by atoms with E-state index >= 15 is 0 Å². The molecule has 4 aliphatic rings. The lowest BCUT2D eigenvalue weighted by molar-refractivity contribution is -0.433. The molecule has 0 aliphatic heterocycles. The third-order valence-electron chi connectivity index (χ3n) is 5.89. The molecule has 4 aliphatic carbocycles. The van der Waals surface area contributed by atoms with E-state index in [1.807, 2.05) is 6.92 Å². The molecule has 6 atom stereocenters. The van der Waals surface area contributed by atoms with Gasteiger partial charge in [0, 0.05) is 0 Å². The van der Waals surface area contributed by atoms with Gasteiger partial charge in [-0.1, -0.05) is 5.04 Å². The molecule has 0 aromatic rings. The van der Waals surface area contributed by atoms with Crippen molar-refractivity contribution in [2.24, 2.45) is 29.6 Å². The monoisotopic (exact) mass is 340 g/mol. The average molecular weight is 340 g/mol. The van der Waals surface area contributed by atoms with Crippen LogP contribution in [0.25, 0.3) is 0 Å². The van der Waals surface area contributed by atoms with Crippen LogP contribution >= 0.6 is 12.0 Å². The number of ether oxygens (including phenoxy) is 1. The van der Waals surface area contributed by atoms with Crippen LogP contribution < -0.4 is 0 Å². The van der Waals surface area contributed by atoms with Gasteiger partial charge in [0.05, 0.1) is 12.2 Å². The highest BCUT2D eigenvalue weighted by atomic mass is 32.2. The zero-order valence-electron chi connectivity index (χ0n) is 12.4. The van der Waals surface area contributed by atoms with Crippen molar-refractivity contribution in [3.05, 3.63) is 0 Å². The Balaban J connectivity index is 1.55. The van der Waals surface area contributed by atoms with Gasteiger partial charge in [-0.15, -0.1) is 4.33 Å². The fourth-order valence-electron chi connectivity index (χ4n) is 5.00. The zero-order chi connectivity index (χ0) is 16.0. The molecule has 2 N–H and O–H groups in total. The topological polar surface area (TPSA) is 68.2 Å². The molecular formula is C14H22F2O5S. The molecule has 0 amide bonds. The van der Waals surface area contributed by atoms with Crippen LogP contribution in [0.15, 0.2) is 0 Å². The van der Waals surface area contributed by atoms with Crippen LogP contribution in [0.1, 0.15) is 32.6 Å². The Kier molecular flexibility index (Phi) is 4.70. The Morgan fingerprint density at radius 1 is 1.27 bits per heavy atom. The van der Waals surface area contributed by atoms with E-state index in [4.69, 9.17) is 9.99 Å². The summed E-state index contributed by atoms with van der Waals surface area (Å²) in [7, 11) is 0. The summed E-state index contributed by atoms with van der Waals surface area (Å²) in [6.45, 7) is 1.30. The van der Waals surface area contributed by atoms with Gasteiger partial charge in [-0.2, -0.15) is 8.78 Å². The lowest BCUT2D eigenvalue weighted by atomic mass is 9.46. The number of rotatable bonds is 7. The second kappa shape index (κ2) is 6.14. The predicted molar refractivity (Wildman–Crippen MR) is 74.7 cm³/mol. The summed E-state index contributed by atoms with van der Waals surface area (Å²) in [5, 5.41) is 18.6. The highest BCUT2D eigenvalue weighted by molar-refractivity contribution is 7.95. The van der Waals surface area contributed by atoms with Gasteiger partial charge in [0.25, 0.3) is 0 Å². The van der Waals surface area contributed by atoms with E-state index in [2.05, 4.69) is 9.37 Å². The van der Waals surface area contributed by atoms with Crippen molar-refractivity contribution in [3.63, 3.8) is 0 Å². The smallest absolute Gasteiger partial charge is 0.343 e. The Bertz CT molecular complexity index is 409. The lowest BCUT2D eigenvalue weighted by Crippen LogP contribution is -2.61. The van der Waals surface area contributed by atoms with Gasteiger partial charge < -0.3 is 9.84 Å². The minimum atomic E-state index is -3.29. The molecule has 5 nitrogen and oxygen atoms in total. The van der Waals surface area contributed by atoms with E-state index in [1.165, 1.54) is 0 Å². The summed E-state index contributed by atoms with van der Waals surface area (Å²) in [6, 6.07) is 0. The number of hydrogen-bond donors (Lipinski definition) is 2. The summed E-state index contributed by atoms with van der Waals surface area (Å²) in [6.07, 6.45) is 4.17. The van der Waals surface area contributed by atoms with Crippen molar-refractivity contribution in [1.29, 1.82) is 0 Å². The minimum Gasteiger partial charge on any atom is -0.390 e. The first kappa shape index (κ1) is 16.9. The van der Waals surface area contributed by atoms with E-state index < -0.39 is 17.5 Å². The molecule has 128 valence electrons. The SMILES string of the molecule is CC1(O)C2CC3CC(C2)C(COCC(F)(F)SOOO)C1C3. The number of halogens is 2. The first-order valence-corrected chi connectivity index (χ1v) is 8.41. The van der Waals surface area contributed by atoms with Gasteiger partial charge >= 0.3 is 5.25 Å². The Labute approximate surface area is 132 Å². The normalized spacial score (nSPS) is 43.8. The average Bonchev–Trinajstić information content (AvgIpc) is 2.45. The summed E-state index contributed by atoms with van der Waals surface area (Å²) in [5.41, 5.74) is -0.702. The van der Waals surface area contributed by atoms with Gasteiger partial charge in [-0.05, 0) is 62.2 Å². The molecule has 0 aromatic carbocycles. The lowest BCUT2D eigenvalue weighted by Gasteiger charge is -2.61. The summed E-state index contributed by atoms with van der Waals surface area (Å²) in [5.74, 6) is 1.78. The minimum absolute atomic E-state index is 0.138. The molecule has 4 fully saturated rings. The first-order valence-electron chi connectivity index (χ1n) is 7.67. The second-order valence-electron chi connectivity index (χ2n) is 7.14. The predicted octanol–water partition coefficient (Wildman–Crippen LogP) is 3.10. The molecule has 8 heteroatoms. The summed E-state index contributed by atoms with van der Waals surface area (Å²) in [4.78, 5) is 0. The fraction of sp³-hybridized carbons (Fsp3) is 1.00. The molecule has 4 saturated carbocycles. The number of aliphatic hydroxyl groups is 1. The van der Waals surface area contributed by atoms with Gasteiger partial charge in [0.1, 0.15) is 18.6 Å². The van der Waals surface area contributed by atoms with Crippen LogP contribution in [0, 0.1) is 29.6 Å². The Hall–Kier alpha value is 0.01000. The van der Waals surface area contributed by atoms with Crippen LogP contribution in [-0.2, 0) is 14.1 Å². The molecule has 22 heavy (non-hydrogen) atoms. The molecule has 4 rings (SSSR count). The highest BCUT2D eigenvalue weighted by Crippen LogP contribution is 2.60. The van der Waals surface area contributed by atoms with Crippen molar-refractivity contribution < 1.29 is 33.3 Å². The van der Waals surface area contributed by atoms with Crippen molar-refractivity contribution in [2.45, 2.75) is 43.5 Å². The second-order valence-corrected chi connectivity index (χ2v) is 8.04. The molecule has 4 bridgehead atoms. The number of hydrogen-bond acceptors (Lipinski definition) is 6. The van der Waals surface area contributed by atoms with Gasteiger partial charge in [-0.25, -0.2) is 5.26 Å². The highest BCUT2D eigenvalue weighted by Gasteiger charge is 2.58. The third kappa shape index (κ3) is 3.14. The van der Waals surface area contributed by atoms with Gasteiger partial charge in [-0.3, -0.25) is 0 Å². The largest absolute Gasteiger partial charge is 0.390 e. The van der Waals surface area contributed by atoms with Crippen LogP contribution in [0.2, 0.25) is 0 Å². The summed E-state index contributed by atoms with van der Waals surface area (Å²) < 4.78 is 35.7. The van der Waals surface area contributed by atoms with Crippen LogP contribution in [0.5, 0.6) is 0 Å². The third-order valence-corrected chi connectivity index (χ3v) is 6.39. The zero-order valence-corrected chi connectivity index (χ0v) is 13.2. The van der Waals surface area contributed by atoms with Crippen molar-refractivity contribution >= 4 is 12.0 Å². The van der Waals surface area contributed by atoms with Gasteiger partial charge in [0.15, 0.2) is 0 Å². The van der Waals surface area contributed by atoms with Crippen molar-refractivity contribution in [2.75, 3.05) is 13.2 Å². The van der Waals surface area contributed by atoms with E-state index in [9.17, 15) is 13.9 Å². The van der Waals surface area contributed by atoms with Gasteiger partial charge in [0.2, 0.25) is 0 Å². The van der Waals surface area contributed by atoms with Crippen LogP contribution in [-0.4, -0.2) is 34.4 Å². The maximum absolute atomic E-state index is 13.3. The van der Waals surface area contributed by atoms with Crippen LogP contribution in [0.3, 0.4) is 0 Å². The Morgan fingerprint density at radius 2 is 2.05 bits per heavy atom. The van der Waals surface area contributed by atoms with E-state index in [0.29, 0.717) is 17.8 Å². The first-order chi connectivity index (χ1) is 10.3. The molecule has 0 spiro atoms. The number of alkyl halides is 2. The standard InChI is InChI=1S/C14H22F2O5S/c1-13(17)10-3-8-2-9(5-10)11(12(13)4-8)6-19-7-14(15,16)22-21-20-18/h8-12,17-18H,2-7H2,1H3. The maximum Gasteiger partial charge on any atom is 0.343 e. The quantitative estimate of drug-likeness (QED) is 0.422. The van der Waals surface area contributed by atoms with Crippen molar-refractivity contribution in [1.82, 2.24) is 0 Å². The van der Waals surface area contributed by atoms with E-state index in [0.717, 1.165) is 25.7 Å². The maximum atomic E-state index is 13.3. The summed E-state index contributed by atoms with van der Waals surface area (Å²) >= 11 is -0.286.